The van der Waals surface area contributed by atoms with Gasteiger partial charge in [-0.2, -0.15) is 0 Å². The number of fused-ring (bicyclic) bond motifs is 1. The number of carbonyl (C=O) groups excluding carboxylic acids is 1. The Balaban J connectivity index is 1.63. The zero-order valence-corrected chi connectivity index (χ0v) is 15.5. The van der Waals surface area contributed by atoms with E-state index in [-0.39, 0.29) is 23.5 Å². The average Bonchev–Trinajstić information content (AvgIpc) is 3.06. The summed E-state index contributed by atoms with van der Waals surface area (Å²) in [7, 11) is -3.55. The van der Waals surface area contributed by atoms with Crippen molar-refractivity contribution >= 4 is 27.3 Å². The van der Waals surface area contributed by atoms with E-state index in [1.165, 1.54) is 22.5 Å². The van der Waals surface area contributed by atoms with Crippen molar-refractivity contribution in [3.63, 3.8) is 0 Å². The van der Waals surface area contributed by atoms with Crippen molar-refractivity contribution in [2.75, 3.05) is 23.1 Å². The summed E-state index contributed by atoms with van der Waals surface area (Å²) in [5.74, 6) is -0.682. The number of sulfonamides is 1. The number of nitrogens with zero attached hydrogens (tertiary/aromatic N) is 2. The fourth-order valence-electron chi connectivity index (χ4n) is 3.11. The maximum absolute atomic E-state index is 12.6. The topological polar surface area (TPSA) is 110 Å². The number of rotatable bonds is 6. The zero-order valence-electron chi connectivity index (χ0n) is 14.7. The summed E-state index contributed by atoms with van der Waals surface area (Å²) in [6, 6.07) is 11.3. The van der Waals surface area contributed by atoms with E-state index in [4.69, 9.17) is 0 Å². The fourth-order valence-corrected chi connectivity index (χ4v) is 4.54. The lowest BCUT2D eigenvalue weighted by Gasteiger charge is -2.19. The number of nitro groups is 1. The fraction of sp³-hybridized carbons (Fsp3) is 0.278. The Hall–Kier alpha value is -2.94. The second-order valence-corrected chi connectivity index (χ2v) is 8.29. The highest BCUT2D eigenvalue weighted by Crippen LogP contribution is 2.29. The van der Waals surface area contributed by atoms with Gasteiger partial charge in [-0.05, 0) is 36.6 Å². The molecule has 0 atom stereocenters. The van der Waals surface area contributed by atoms with Crippen LogP contribution in [-0.2, 0) is 16.4 Å². The molecule has 1 heterocycles. The van der Waals surface area contributed by atoms with Crippen molar-refractivity contribution in [1.82, 2.24) is 5.32 Å². The van der Waals surface area contributed by atoms with Gasteiger partial charge in [-0.15, -0.1) is 0 Å². The molecule has 1 aliphatic rings. The Morgan fingerprint density at radius 1 is 1.26 bits per heavy atom. The van der Waals surface area contributed by atoms with Crippen LogP contribution in [0.4, 0.5) is 11.4 Å². The lowest BCUT2D eigenvalue weighted by molar-refractivity contribution is -0.384. The van der Waals surface area contributed by atoms with Crippen LogP contribution in [0.2, 0.25) is 0 Å². The minimum absolute atomic E-state index is 0.0454. The van der Waals surface area contributed by atoms with Gasteiger partial charge < -0.3 is 5.32 Å². The first-order chi connectivity index (χ1) is 12.8. The van der Waals surface area contributed by atoms with Gasteiger partial charge >= 0.3 is 0 Å². The molecule has 0 fully saturated rings. The molecule has 0 spiro atoms. The molecule has 0 bridgehead atoms. The number of hydrogen-bond acceptors (Lipinski definition) is 5. The van der Waals surface area contributed by atoms with Crippen molar-refractivity contribution in [2.24, 2.45) is 0 Å². The molecule has 2 aromatic carbocycles. The standard InChI is InChI=1S/C18H19N3O5S/c1-13-12-15(21(23)24)6-7-16(13)18(22)19-9-11-27(25,26)20-10-8-14-4-2-3-5-17(14)20/h2-7,12H,8-11H2,1H3,(H,19,22). The van der Waals surface area contributed by atoms with Crippen LogP contribution >= 0.6 is 0 Å². The van der Waals surface area contributed by atoms with E-state index in [1.807, 2.05) is 12.1 Å². The van der Waals surface area contributed by atoms with Crippen molar-refractivity contribution in [3.8, 4) is 0 Å². The highest BCUT2D eigenvalue weighted by molar-refractivity contribution is 7.92. The van der Waals surface area contributed by atoms with Gasteiger partial charge in [0.1, 0.15) is 0 Å². The number of hydrogen-bond donors (Lipinski definition) is 1. The molecule has 0 saturated carbocycles. The SMILES string of the molecule is Cc1cc([N+](=O)[O-])ccc1C(=O)NCCS(=O)(=O)N1CCc2ccccc21. The van der Waals surface area contributed by atoms with Crippen LogP contribution in [0.15, 0.2) is 42.5 Å². The van der Waals surface area contributed by atoms with Crippen LogP contribution in [0, 0.1) is 17.0 Å². The summed E-state index contributed by atoms with van der Waals surface area (Å²) in [4.78, 5) is 22.5. The van der Waals surface area contributed by atoms with Gasteiger partial charge in [0.2, 0.25) is 10.0 Å². The summed E-state index contributed by atoms with van der Waals surface area (Å²) in [5, 5.41) is 13.3. The first kappa shape index (κ1) is 18.8. The molecule has 2 aromatic rings. The monoisotopic (exact) mass is 389 g/mol. The summed E-state index contributed by atoms with van der Waals surface area (Å²) < 4.78 is 26.6. The third-order valence-corrected chi connectivity index (χ3v) is 6.26. The first-order valence-electron chi connectivity index (χ1n) is 8.41. The van der Waals surface area contributed by atoms with Crippen molar-refractivity contribution < 1.29 is 18.1 Å². The minimum atomic E-state index is -3.55. The molecule has 8 nitrogen and oxygen atoms in total. The summed E-state index contributed by atoms with van der Waals surface area (Å²) >= 11 is 0. The lowest BCUT2D eigenvalue weighted by Crippen LogP contribution is -2.37. The number of carbonyl (C=O) groups is 1. The van der Waals surface area contributed by atoms with Crippen molar-refractivity contribution in [3.05, 3.63) is 69.3 Å². The number of benzene rings is 2. The zero-order chi connectivity index (χ0) is 19.6. The van der Waals surface area contributed by atoms with Gasteiger partial charge in [-0.25, -0.2) is 8.42 Å². The van der Waals surface area contributed by atoms with Gasteiger partial charge in [0, 0.05) is 30.8 Å². The van der Waals surface area contributed by atoms with E-state index in [0.29, 0.717) is 24.2 Å². The van der Waals surface area contributed by atoms with E-state index in [0.717, 1.165) is 5.56 Å². The summed E-state index contributed by atoms with van der Waals surface area (Å²) in [6.45, 7) is 1.95. The molecule has 0 unspecified atom stereocenters. The molecule has 1 amide bonds. The molecule has 9 heteroatoms. The van der Waals surface area contributed by atoms with Crippen molar-refractivity contribution in [1.29, 1.82) is 0 Å². The highest BCUT2D eigenvalue weighted by atomic mass is 32.2. The summed E-state index contributed by atoms with van der Waals surface area (Å²) in [5.41, 5.74) is 2.32. The molecule has 3 rings (SSSR count). The lowest BCUT2D eigenvalue weighted by atomic mass is 10.1. The average molecular weight is 389 g/mol. The Kier molecular flexibility index (Phi) is 5.13. The third kappa shape index (κ3) is 3.92. The quantitative estimate of drug-likeness (QED) is 0.600. The molecular weight excluding hydrogens is 370 g/mol. The Morgan fingerprint density at radius 2 is 2.00 bits per heavy atom. The predicted molar refractivity (Wildman–Crippen MR) is 101 cm³/mol. The molecular formula is C18H19N3O5S. The molecule has 1 aliphatic heterocycles. The number of anilines is 1. The molecule has 0 aliphatic carbocycles. The van der Waals surface area contributed by atoms with E-state index in [1.54, 1.807) is 19.1 Å². The van der Waals surface area contributed by atoms with Gasteiger partial charge in [-0.1, -0.05) is 18.2 Å². The maximum Gasteiger partial charge on any atom is 0.269 e. The molecule has 1 N–H and O–H groups in total. The second-order valence-electron chi connectivity index (χ2n) is 6.28. The largest absolute Gasteiger partial charge is 0.351 e. The van der Waals surface area contributed by atoms with Gasteiger partial charge in [0.15, 0.2) is 0 Å². The second kappa shape index (κ2) is 7.36. The number of nitro benzene ring substituents is 1. The third-order valence-electron chi connectivity index (χ3n) is 4.49. The van der Waals surface area contributed by atoms with Gasteiger partial charge in [0.25, 0.3) is 11.6 Å². The van der Waals surface area contributed by atoms with Crippen molar-refractivity contribution in [2.45, 2.75) is 13.3 Å². The van der Waals surface area contributed by atoms with Crippen LogP contribution < -0.4 is 9.62 Å². The van der Waals surface area contributed by atoms with E-state index >= 15 is 0 Å². The smallest absolute Gasteiger partial charge is 0.269 e. The van der Waals surface area contributed by atoms with E-state index < -0.39 is 20.9 Å². The molecule has 0 radical (unpaired) electrons. The first-order valence-corrected chi connectivity index (χ1v) is 10.0. The van der Waals surface area contributed by atoms with E-state index in [2.05, 4.69) is 5.32 Å². The van der Waals surface area contributed by atoms with E-state index in [9.17, 15) is 23.3 Å². The number of amides is 1. The maximum atomic E-state index is 12.6. The highest BCUT2D eigenvalue weighted by Gasteiger charge is 2.28. The Morgan fingerprint density at radius 3 is 2.70 bits per heavy atom. The van der Waals surface area contributed by atoms with Crippen LogP contribution in [0.5, 0.6) is 0 Å². The molecule has 0 aromatic heterocycles. The van der Waals surface area contributed by atoms with Crippen LogP contribution in [0.3, 0.4) is 0 Å². The van der Waals surface area contributed by atoms with Crippen LogP contribution in [0.1, 0.15) is 21.5 Å². The Labute approximate surface area is 157 Å². The summed E-state index contributed by atoms with van der Waals surface area (Å²) in [6.07, 6.45) is 0.670. The number of nitrogens with one attached hydrogen (secondary N) is 1. The van der Waals surface area contributed by atoms with Crippen LogP contribution in [-0.4, -0.2) is 38.1 Å². The molecule has 0 saturated heterocycles. The number of aryl methyl sites for hydroxylation is 1. The molecule has 27 heavy (non-hydrogen) atoms. The van der Waals surface area contributed by atoms with Gasteiger partial charge in [0.05, 0.1) is 16.4 Å². The molecule has 142 valence electrons. The minimum Gasteiger partial charge on any atom is -0.351 e. The normalized spacial score (nSPS) is 13.3. The van der Waals surface area contributed by atoms with Crippen LogP contribution in [0.25, 0.3) is 0 Å². The predicted octanol–water partition coefficient (Wildman–Crippen LogP) is 2.03. The number of para-hydroxylation sites is 1. The number of non-ortho nitro benzene ring substituents is 1. The Bertz CT molecular complexity index is 1000. The van der Waals surface area contributed by atoms with Gasteiger partial charge in [-0.3, -0.25) is 19.2 Å².